The summed E-state index contributed by atoms with van der Waals surface area (Å²) < 4.78 is 61.2. The van der Waals surface area contributed by atoms with Crippen molar-refractivity contribution in [2.24, 2.45) is 0 Å². The second-order valence-electron chi connectivity index (χ2n) is 27.5. The fourth-order valence-corrected chi connectivity index (χ4v) is 12.7. The van der Waals surface area contributed by atoms with Gasteiger partial charge in [-0.25, -0.2) is 9.13 Å². The topological polar surface area (TPSA) is 231 Å². The zero-order valence-electron chi connectivity index (χ0n) is 66.1. The number of aliphatic hydroxyl groups excluding tert-OH is 2. The Morgan fingerprint density at radius 3 is 0.800 bits per heavy atom. The number of carbonyl (C=O) groups is 3. The molecule has 0 saturated heterocycles. The highest BCUT2D eigenvalue weighted by molar-refractivity contribution is 7.47. The van der Waals surface area contributed by atoms with Crippen molar-refractivity contribution in [3.8, 4) is 0 Å². The Hall–Kier alpha value is -4.31. The van der Waals surface area contributed by atoms with Crippen LogP contribution in [0.15, 0.2) is 134 Å². The molecule has 5 unspecified atom stereocenters. The summed E-state index contributed by atoms with van der Waals surface area (Å²) in [5.41, 5.74) is 0. The summed E-state index contributed by atoms with van der Waals surface area (Å²) in [7, 11) is -9.78. The van der Waals surface area contributed by atoms with Crippen molar-refractivity contribution in [3.63, 3.8) is 0 Å². The van der Waals surface area contributed by atoms with Crippen LogP contribution in [-0.2, 0) is 55.8 Å². The zero-order valence-corrected chi connectivity index (χ0v) is 67.9. The van der Waals surface area contributed by atoms with Gasteiger partial charge in [0.2, 0.25) is 0 Å². The third-order valence-corrected chi connectivity index (χ3v) is 19.3. The van der Waals surface area contributed by atoms with Gasteiger partial charge in [0.05, 0.1) is 26.4 Å². The maximum absolute atomic E-state index is 12.9. The minimum absolute atomic E-state index is 0.106. The van der Waals surface area contributed by atoms with E-state index < -0.39 is 91.5 Å². The van der Waals surface area contributed by atoms with E-state index in [4.69, 9.17) is 32.3 Å². The molecule has 0 rings (SSSR count). The second kappa shape index (κ2) is 79.2. The van der Waals surface area contributed by atoms with Crippen molar-refractivity contribution in [2.45, 2.75) is 360 Å². The minimum Gasteiger partial charge on any atom is -0.463 e. The minimum atomic E-state index is -4.93. The fraction of sp³-hybridized carbons (Fsp3) is 0.713. The molecule has 4 N–H and O–H groups in total. The molecule has 0 aromatic carbocycles. The van der Waals surface area contributed by atoms with Crippen molar-refractivity contribution in [1.29, 1.82) is 0 Å². The number of allylic oxidation sites excluding steroid dienone is 22. The molecule has 604 valence electrons. The van der Waals surface area contributed by atoms with Crippen LogP contribution in [0.5, 0.6) is 0 Å². The molecule has 5 atom stereocenters. The van der Waals surface area contributed by atoms with Crippen LogP contribution < -0.4 is 0 Å². The monoisotopic (exact) mass is 1510 g/mol. The molecule has 0 bridgehead atoms. The predicted molar refractivity (Wildman–Crippen MR) is 436 cm³/mol. The third-order valence-electron chi connectivity index (χ3n) is 17.4. The van der Waals surface area contributed by atoms with Crippen LogP contribution in [0, 0.1) is 0 Å². The van der Waals surface area contributed by atoms with Crippen molar-refractivity contribution < 1.29 is 75.8 Å². The number of hydrogen-bond donors (Lipinski definition) is 4. The Labute approximate surface area is 639 Å². The largest absolute Gasteiger partial charge is 0.472 e. The molecule has 0 aliphatic rings. The first-order valence-corrected chi connectivity index (χ1v) is 44.5. The number of phosphoric ester groups is 2. The molecule has 0 aromatic heterocycles. The summed E-state index contributed by atoms with van der Waals surface area (Å²) in [6, 6.07) is 0. The van der Waals surface area contributed by atoms with Gasteiger partial charge in [-0.15, -0.1) is 0 Å². The highest BCUT2D eigenvalue weighted by Crippen LogP contribution is 2.45. The van der Waals surface area contributed by atoms with Gasteiger partial charge in [-0.1, -0.05) is 341 Å². The lowest BCUT2D eigenvalue weighted by Crippen LogP contribution is -2.30. The van der Waals surface area contributed by atoms with Gasteiger partial charge in [-0.3, -0.25) is 32.5 Å². The lowest BCUT2D eigenvalue weighted by atomic mass is 10.0. The molecule has 105 heavy (non-hydrogen) atoms. The van der Waals surface area contributed by atoms with E-state index in [-0.39, 0.29) is 19.3 Å². The van der Waals surface area contributed by atoms with Crippen LogP contribution >= 0.6 is 15.6 Å². The number of ether oxygens (including phenoxy) is 3. The highest BCUT2D eigenvalue weighted by atomic mass is 31.2. The maximum Gasteiger partial charge on any atom is 0.472 e. The number of unbranched alkanes of at least 4 members (excludes halogenated alkanes) is 33. The van der Waals surface area contributed by atoms with E-state index in [2.05, 4.69) is 154 Å². The van der Waals surface area contributed by atoms with E-state index in [0.29, 0.717) is 19.3 Å². The highest BCUT2D eigenvalue weighted by Gasteiger charge is 2.29. The summed E-state index contributed by atoms with van der Waals surface area (Å²) in [5.74, 6) is -1.57. The summed E-state index contributed by atoms with van der Waals surface area (Å²) >= 11 is 0. The van der Waals surface area contributed by atoms with E-state index in [1.807, 2.05) is 0 Å². The zero-order chi connectivity index (χ0) is 76.6. The second-order valence-corrected chi connectivity index (χ2v) is 30.4. The van der Waals surface area contributed by atoms with Gasteiger partial charge in [-0.2, -0.15) is 0 Å². The van der Waals surface area contributed by atoms with Gasteiger partial charge in [-0.05, 0) is 116 Å². The smallest absolute Gasteiger partial charge is 0.463 e. The molecular formula is C87H150O16P2. The van der Waals surface area contributed by atoms with Crippen molar-refractivity contribution >= 4 is 33.6 Å². The number of esters is 3. The quantitative estimate of drug-likeness (QED) is 0.0146. The van der Waals surface area contributed by atoms with Crippen molar-refractivity contribution in [2.75, 3.05) is 39.6 Å². The molecule has 18 heteroatoms. The van der Waals surface area contributed by atoms with E-state index in [9.17, 15) is 43.5 Å². The van der Waals surface area contributed by atoms with Crippen LogP contribution in [0.1, 0.15) is 342 Å². The van der Waals surface area contributed by atoms with Crippen LogP contribution in [0.4, 0.5) is 0 Å². The van der Waals surface area contributed by atoms with Crippen molar-refractivity contribution in [3.05, 3.63) is 134 Å². The van der Waals surface area contributed by atoms with Crippen LogP contribution in [0.25, 0.3) is 0 Å². The third kappa shape index (κ3) is 80.5. The number of rotatable bonds is 78. The van der Waals surface area contributed by atoms with E-state index in [1.165, 1.54) is 128 Å². The standard InChI is InChI=1S/C87H150O16P2/c1-4-7-10-13-16-19-22-24-26-28-30-32-34-36-38-40-42-44-46-48-50-52-54-56-59-61-64-67-70-73-85(90)97-76-82(88)77-99-104(93,94)100-78-83(89)79-101-105(95,96)102-81-84(103-87(92)75-72-69-66-63-58-21-18-15-12-9-6-3)80-98-86(91)74-71-68-65-62-60-57-55-53-51-49-47-45-43-41-39-37-35-33-31-29-27-25-23-20-17-14-11-8-5-2/h7-8,10-11,16-17,19-20,24-27,30-33,36-39,42,44,82-84,88-89H,4-6,9,12-15,18,21-23,28-29,34-35,40-41,43,45-81H2,1-3H3,(H,93,94)(H,95,96)/b10-7-,11-8-,19-16-,20-17-,26-24-,27-25-,32-30-,33-31-,38-36-,39-37-,44-42-. The van der Waals surface area contributed by atoms with Gasteiger partial charge < -0.3 is 34.2 Å². The van der Waals surface area contributed by atoms with Crippen LogP contribution in [-0.4, -0.2) is 95.9 Å². The molecule has 16 nitrogen and oxygen atoms in total. The lowest BCUT2D eigenvalue weighted by Gasteiger charge is -2.21. The first-order chi connectivity index (χ1) is 51.2. The summed E-state index contributed by atoms with van der Waals surface area (Å²) in [4.78, 5) is 58.6. The Balaban J connectivity index is 4.43. The summed E-state index contributed by atoms with van der Waals surface area (Å²) in [5, 5.41) is 20.6. The molecule has 0 aromatic rings. The Kier molecular flexibility index (Phi) is 76.0. The molecule has 0 saturated carbocycles. The first kappa shape index (κ1) is 101. The Bertz CT molecular complexity index is 2440. The molecule has 0 amide bonds. The van der Waals surface area contributed by atoms with Gasteiger partial charge in [0.1, 0.15) is 25.4 Å². The normalized spacial score (nSPS) is 14.6. The van der Waals surface area contributed by atoms with Gasteiger partial charge in [0.15, 0.2) is 6.10 Å². The maximum atomic E-state index is 12.9. The number of hydrogen-bond acceptors (Lipinski definition) is 14. The molecule has 0 spiro atoms. The van der Waals surface area contributed by atoms with E-state index >= 15 is 0 Å². The summed E-state index contributed by atoms with van der Waals surface area (Å²) in [6.45, 7) is 2.47. The average molecular weight is 1510 g/mol. The van der Waals surface area contributed by atoms with Crippen LogP contribution in [0.2, 0.25) is 0 Å². The van der Waals surface area contributed by atoms with Gasteiger partial charge in [0, 0.05) is 19.3 Å². The molecular weight excluding hydrogens is 1360 g/mol. The molecule has 0 fully saturated rings. The van der Waals surface area contributed by atoms with E-state index in [1.54, 1.807) is 0 Å². The number of carbonyl (C=O) groups excluding carboxylic acids is 3. The number of phosphoric acid groups is 2. The Morgan fingerprint density at radius 1 is 0.276 bits per heavy atom. The van der Waals surface area contributed by atoms with Gasteiger partial charge >= 0.3 is 33.6 Å². The number of aliphatic hydroxyl groups is 2. The SMILES string of the molecule is CC/C=C\C/C=C\C/C=C\C/C=C\C/C=C\C/C=C\CCCCCCCCCCCCC(=O)OCC(O)COP(=O)(O)OCC(O)COP(=O)(O)OCC(COC(=O)CCCCCCCCCCCCCCC/C=C\C/C=C\C/C=C\C/C=C\C/C=C\CC)OC(=O)CCCCCCCCCCCCC. The van der Waals surface area contributed by atoms with E-state index in [0.717, 1.165) is 154 Å². The van der Waals surface area contributed by atoms with Crippen LogP contribution in [0.3, 0.4) is 0 Å². The molecule has 0 heterocycles. The van der Waals surface area contributed by atoms with Gasteiger partial charge in [0.25, 0.3) is 0 Å². The Morgan fingerprint density at radius 2 is 0.505 bits per heavy atom. The molecule has 0 aliphatic carbocycles. The predicted octanol–water partition coefficient (Wildman–Crippen LogP) is 24.7. The fourth-order valence-electron chi connectivity index (χ4n) is 11.1. The molecule has 0 aliphatic heterocycles. The summed E-state index contributed by atoms with van der Waals surface area (Å²) in [6.07, 6.45) is 96.6. The van der Waals surface area contributed by atoms with Crippen molar-refractivity contribution in [1.82, 2.24) is 0 Å². The molecule has 0 radical (unpaired) electrons. The average Bonchev–Trinajstić information content (AvgIpc) is 1.81. The first-order valence-electron chi connectivity index (χ1n) is 41.5. The lowest BCUT2D eigenvalue weighted by molar-refractivity contribution is -0.161.